The number of hydrogen-bond acceptors (Lipinski definition) is 5. The molecule has 7 heteroatoms. The van der Waals surface area contributed by atoms with Crippen LogP contribution in [0.15, 0.2) is 23.4 Å². The molecule has 1 aromatic heterocycles. The van der Waals surface area contributed by atoms with Gasteiger partial charge in [0, 0.05) is 12.2 Å². The molecular formula is C21H33N5OS. The van der Waals surface area contributed by atoms with Gasteiger partial charge in [0.1, 0.15) is 0 Å². The van der Waals surface area contributed by atoms with Crippen LogP contribution in [0.25, 0.3) is 0 Å². The third kappa shape index (κ3) is 5.82. The number of anilines is 1. The number of amides is 1. The highest BCUT2D eigenvalue weighted by Crippen LogP contribution is 2.26. The van der Waals surface area contributed by atoms with E-state index in [1.165, 1.54) is 11.8 Å². The Hall–Kier alpha value is -1.86. The van der Waals surface area contributed by atoms with Crippen molar-refractivity contribution in [2.75, 3.05) is 25.2 Å². The summed E-state index contributed by atoms with van der Waals surface area (Å²) in [7, 11) is 4.13. The van der Waals surface area contributed by atoms with Gasteiger partial charge in [-0.3, -0.25) is 9.69 Å². The molecule has 1 unspecified atom stereocenters. The topological polar surface area (TPSA) is 63.1 Å². The van der Waals surface area contributed by atoms with Crippen LogP contribution in [0.5, 0.6) is 0 Å². The summed E-state index contributed by atoms with van der Waals surface area (Å²) in [6.45, 7) is 9.24. The van der Waals surface area contributed by atoms with Crippen LogP contribution < -0.4 is 5.32 Å². The number of aryl methyl sites for hydroxylation is 2. The number of nitrogens with one attached hydrogen (secondary N) is 1. The van der Waals surface area contributed by atoms with Gasteiger partial charge in [0.05, 0.1) is 11.8 Å². The number of aromatic nitrogens is 3. The summed E-state index contributed by atoms with van der Waals surface area (Å²) in [6, 6.07) is 6.30. The molecule has 0 bridgehead atoms. The molecule has 1 N–H and O–H groups in total. The Labute approximate surface area is 173 Å². The molecule has 0 aliphatic rings. The minimum atomic E-state index is -0.0232. The van der Waals surface area contributed by atoms with Gasteiger partial charge in [0.15, 0.2) is 11.0 Å². The van der Waals surface area contributed by atoms with Gasteiger partial charge in [0.25, 0.3) is 0 Å². The van der Waals surface area contributed by atoms with Crippen molar-refractivity contribution >= 4 is 23.4 Å². The molecule has 154 valence electrons. The van der Waals surface area contributed by atoms with Gasteiger partial charge in [-0.2, -0.15) is 0 Å². The Balaban J connectivity index is 2.11. The standard InChI is InChI=1S/C21H33N5OS/c1-7-9-12-26-20(18(8-2)25(5)6)23-24-21(26)28-14-19(27)22-17-13-15(3)10-11-16(17)4/h10-11,13,18H,7-9,12,14H2,1-6H3,(H,22,27). The predicted molar refractivity (Wildman–Crippen MR) is 117 cm³/mol. The van der Waals surface area contributed by atoms with E-state index >= 15 is 0 Å². The summed E-state index contributed by atoms with van der Waals surface area (Å²) < 4.78 is 2.19. The third-order valence-corrected chi connectivity index (χ3v) is 5.76. The lowest BCUT2D eigenvalue weighted by Crippen LogP contribution is -2.23. The van der Waals surface area contributed by atoms with Crippen molar-refractivity contribution < 1.29 is 4.79 Å². The summed E-state index contributed by atoms with van der Waals surface area (Å²) >= 11 is 1.45. The van der Waals surface area contributed by atoms with Crippen molar-refractivity contribution in [3.63, 3.8) is 0 Å². The second kappa shape index (κ2) is 10.6. The average Bonchev–Trinajstić information content (AvgIpc) is 3.04. The van der Waals surface area contributed by atoms with E-state index in [0.29, 0.717) is 5.75 Å². The zero-order valence-corrected chi connectivity index (χ0v) is 18.8. The maximum absolute atomic E-state index is 12.5. The van der Waals surface area contributed by atoms with E-state index in [1.807, 2.05) is 32.0 Å². The molecule has 28 heavy (non-hydrogen) atoms. The van der Waals surface area contributed by atoms with Crippen LogP contribution in [0.3, 0.4) is 0 Å². The second-order valence-corrected chi connectivity index (χ2v) is 8.33. The molecular weight excluding hydrogens is 370 g/mol. The molecule has 6 nitrogen and oxygen atoms in total. The molecule has 0 saturated heterocycles. The van der Waals surface area contributed by atoms with Gasteiger partial charge < -0.3 is 9.88 Å². The summed E-state index contributed by atoms with van der Waals surface area (Å²) in [6.07, 6.45) is 3.14. The Bertz CT molecular complexity index is 787. The molecule has 0 aliphatic heterocycles. The number of carbonyl (C=O) groups is 1. The highest BCUT2D eigenvalue weighted by atomic mass is 32.2. The van der Waals surface area contributed by atoms with Crippen LogP contribution in [0, 0.1) is 13.8 Å². The van der Waals surface area contributed by atoms with Gasteiger partial charge in [-0.1, -0.05) is 44.2 Å². The minimum absolute atomic E-state index is 0.0232. The number of nitrogens with zero attached hydrogens (tertiary/aromatic N) is 4. The SMILES string of the molecule is CCCCn1c(SCC(=O)Nc2cc(C)ccc2C)nnc1C(CC)N(C)C. The number of thioether (sulfide) groups is 1. The normalized spacial score (nSPS) is 12.4. The Morgan fingerprint density at radius 2 is 2.00 bits per heavy atom. The van der Waals surface area contributed by atoms with Crippen molar-refractivity contribution in [1.29, 1.82) is 0 Å². The lowest BCUT2D eigenvalue weighted by atomic mass is 10.1. The van der Waals surface area contributed by atoms with Crippen molar-refractivity contribution in [1.82, 2.24) is 19.7 Å². The molecule has 0 saturated carbocycles. The first kappa shape index (κ1) is 22.4. The second-order valence-electron chi connectivity index (χ2n) is 7.39. The smallest absolute Gasteiger partial charge is 0.234 e. The number of unbranched alkanes of at least 4 members (excludes halogenated alkanes) is 1. The number of benzene rings is 1. The lowest BCUT2D eigenvalue weighted by Gasteiger charge is -2.23. The highest BCUT2D eigenvalue weighted by molar-refractivity contribution is 7.99. The molecule has 1 heterocycles. The first-order valence-electron chi connectivity index (χ1n) is 9.96. The molecule has 1 aromatic carbocycles. The number of carbonyl (C=O) groups excluding carboxylic acids is 1. The van der Waals surface area contributed by atoms with E-state index in [1.54, 1.807) is 0 Å². The van der Waals surface area contributed by atoms with Crippen molar-refractivity contribution in [2.45, 2.75) is 64.7 Å². The summed E-state index contributed by atoms with van der Waals surface area (Å²) in [5.41, 5.74) is 3.07. The Kier molecular flexibility index (Phi) is 8.51. The molecule has 0 radical (unpaired) electrons. The number of hydrogen-bond donors (Lipinski definition) is 1. The third-order valence-electron chi connectivity index (χ3n) is 4.79. The molecule has 1 atom stereocenters. The Morgan fingerprint density at radius 3 is 2.64 bits per heavy atom. The van der Waals surface area contributed by atoms with E-state index in [-0.39, 0.29) is 11.9 Å². The maximum atomic E-state index is 12.5. The van der Waals surface area contributed by atoms with Gasteiger partial charge in [-0.15, -0.1) is 10.2 Å². The predicted octanol–water partition coefficient (Wildman–Crippen LogP) is 4.44. The van der Waals surface area contributed by atoms with Gasteiger partial charge in [0.2, 0.25) is 5.91 Å². The van der Waals surface area contributed by atoms with Gasteiger partial charge in [-0.25, -0.2) is 0 Å². The van der Waals surface area contributed by atoms with Crippen molar-refractivity contribution in [3.05, 3.63) is 35.2 Å². The van der Waals surface area contributed by atoms with Crippen LogP contribution in [-0.2, 0) is 11.3 Å². The molecule has 1 amide bonds. The molecule has 0 fully saturated rings. The van der Waals surface area contributed by atoms with Gasteiger partial charge in [-0.05, 0) is 58.0 Å². The highest BCUT2D eigenvalue weighted by Gasteiger charge is 2.22. The molecule has 2 aromatic rings. The Morgan fingerprint density at radius 1 is 1.25 bits per heavy atom. The van der Waals surface area contributed by atoms with Gasteiger partial charge >= 0.3 is 0 Å². The zero-order chi connectivity index (χ0) is 20.7. The average molecular weight is 404 g/mol. The fourth-order valence-electron chi connectivity index (χ4n) is 3.15. The van der Waals surface area contributed by atoms with Crippen LogP contribution in [0.2, 0.25) is 0 Å². The van der Waals surface area contributed by atoms with E-state index in [4.69, 9.17) is 0 Å². The lowest BCUT2D eigenvalue weighted by molar-refractivity contribution is -0.113. The van der Waals surface area contributed by atoms with E-state index < -0.39 is 0 Å². The number of rotatable bonds is 10. The van der Waals surface area contributed by atoms with E-state index in [9.17, 15) is 4.79 Å². The van der Waals surface area contributed by atoms with Crippen LogP contribution in [0.1, 0.15) is 56.1 Å². The van der Waals surface area contributed by atoms with Crippen molar-refractivity contribution in [3.8, 4) is 0 Å². The fourth-order valence-corrected chi connectivity index (χ4v) is 3.92. The molecule has 0 spiro atoms. The monoisotopic (exact) mass is 403 g/mol. The molecule has 0 aliphatic carbocycles. The minimum Gasteiger partial charge on any atom is -0.325 e. The maximum Gasteiger partial charge on any atom is 0.234 e. The van der Waals surface area contributed by atoms with Crippen LogP contribution in [0.4, 0.5) is 5.69 Å². The largest absolute Gasteiger partial charge is 0.325 e. The summed E-state index contributed by atoms with van der Waals surface area (Å²) in [5.74, 6) is 1.28. The van der Waals surface area contributed by atoms with E-state index in [2.05, 4.69) is 52.9 Å². The summed E-state index contributed by atoms with van der Waals surface area (Å²) in [5, 5.41) is 12.7. The van der Waals surface area contributed by atoms with Crippen LogP contribution >= 0.6 is 11.8 Å². The quantitative estimate of drug-likeness (QED) is 0.594. The summed E-state index contributed by atoms with van der Waals surface area (Å²) in [4.78, 5) is 14.7. The van der Waals surface area contributed by atoms with E-state index in [0.717, 1.165) is 53.6 Å². The van der Waals surface area contributed by atoms with Crippen LogP contribution in [-0.4, -0.2) is 45.4 Å². The first-order chi connectivity index (χ1) is 13.4. The molecule has 2 rings (SSSR count). The van der Waals surface area contributed by atoms with Crippen molar-refractivity contribution in [2.24, 2.45) is 0 Å². The fraction of sp³-hybridized carbons (Fsp3) is 0.571. The zero-order valence-electron chi connectivity index (χ0n) is 18.0. The first-order valence-corrected chi connectivity index (χ1v) is 10.9.